The number of rotatable bonds is 18. The highest BCUT2D eigenvalue weighted by Crippen LogP contribution is 2.43. The third-order valence-corrected chi connectivity index (χ3v) is 10.7. The number of aromatic amines is 2. The van der Waals surface area contributed by atoms with Crippen LogP contribution in [-0.4, -0.2) is 93.1 Å². The van der Waals surface area contributed by atoms with Crippen LogP contribution >= 0.6 is 23.2 Å². The molecule has 0 bridgehead atoms. The summed E-state index contributed by atoms with van der Waals surface area (Å²) in [5, 5.41) is 5.55. The van der Waals surface area contributed by atoms with Crippen molar-refractivity contribution in [2.24, 2.45) is 11.8 Å². The molecule has 2 atom stereocenters. The summed E-state index contributed by atoms with van der Waals surface area (Å²) in [4.78, 5) is 69.8. The number of methoxy groups -OCH3 is 2. The maximum atomic E-state index is 16.4. The Labute approximate surface area is 364 Å². The van der Waals surface area contributed by atoms with Crippen molar-refractivity contribution in [2.45, 2.75) is 72.3 Å². The van der Waals surface area contributed by atoms with Crippen LogP contribution < -0.4 is 15.4 Å². The first-order chi connectivity index (χ1) is 29.1. The van der Waals surface area contributed by atoms with Crippen molar-refractivity contribution in [2.75, 3.05) is 27.3 Å². The van der Waals surface area contributed by atoms with Gasteiger partial charge in [-0.1, -0.05) is 75.2 Å². The van der Waals surface area contributed by atoms with Gasteiger partial charge in [0, 0.05) is 35.3 Å². The highest BCUT2D eigenvalue weighted by atomic mass is 35.5. The summed E-state index contributed by atoms with van der Waals surface area (Å²) in [6.07, 6.45) is 2.92. The molecule has 3 heterocycles. The molecule has 5 rings (SSSR count). The van der Waals surface area contributed by atoms with Crippen molar-refractivity contribution in [1.82, 2.24) is 40.4 Å². The molecule has 18 heteroatoms. The van der Waals surface area contributed by atoms with E-state index in [1.807, 2.05) is 27.7 Å². The average Bonchev–Trinajstić information content (AvgIpc) is 3.80. The number of carbonyl (C=O) groups is 4. The molecule has 4 aromatic rings. The number of hydrogen-bond acceptors (Lipinski definition) is 9. The zero-order valence-electron chi connectivity index (χ0n) is 35.0. The second-order valence-corrected chi connectivity index (χ2v) is 15.8. The second-order valence-electron chi connectivity index (χ2n) is 15.0. The molecule has 4 amide bonds. The molecule has 0 radical (unpaired) electrons. The van der Waals surface area contributed by atoms with Crippen LogP contribution in [0, 0.1) is 17.7 Å². The zero-order valence-corrected chi connectivity index (χ0v) is 36.5. The smallest absolute Gasteiger partial charge is 0.407 e. The van der Waals surface area contributed by atoms with Crippen LogP contribution in [0.5, 0.6) is 5.75 Å². The predicted octanol–water partition coefficient (Wildman–Crippen LogP) is 8.04. The SMILES string of the molecule is C=CCCN(Cc1nc(-c2ccc3c(c2)OCc2c-3ccc(-c3nc(CN(CCC=C)C(=O)[C@@H](NC(=O)OC)C(C)C)[nH]c3Cl)c2F)c(Cl)[nH]1)C(=O)[C@@H](NC(=O)OC)C(C)C. The van der Waals surface area contributed by atoms with Gasteiger partial charge in [-0.3, -0.25) is 9.59 Å². The van der Waals surface area contributed by atoms with Gasteiger partial charge in [0.15, 0.2) is 0 Å². The van der Waals surface area contributed by atoms with Gasteiger partial charge in [0.2, 0.25) is 11.8 Å². The van der Waals surface area contributed by atoms with Gasteiger partial charge >= 0.3 is 12.2 Å². The molecule has 326 valence electrons. The van der Waals surface area contributed by atoms with Gasteiger partial charge < -0.3 is 44.6 Å². The summed E-state index contributed by atoms with van der Waals surface area (Å²) in [6, 6.07) is 7.04. The maximum Gasteiger partial charge on any atom is 0.407 e. The predicted molar refractivity (Wildman–Crippen MR) is 230 cm³/mol. The number of fused-ring (bicyclic) bond motifs is 3. The summed E-state index contributed by atoms with van der Waals surface area (Å²) in [7, 11) is 2.46. The number of nitrogens with zero attached hydrogens (tertiary/aromatic N) is 4. The lowest BCUT2D eigenvalue weighted by molar-refractivity contribution is -0.135. The number of imidazole rings is 2. The minimum absolute atomic E-state index is 0.00414. The largest absolute Gasteiger partial charge is 0.488 e. The molecule has 0 saturated heterocycles. The van der Waals surface area contributed by atoms with Gasteiger partial charge in [0.25, 0.3) is 0 Å². The molecule has 0 spiro atoms. The highest BCUT2D eigenvalue weighted by molar-refractivity contribution is 6.32. The highest BCUT2D eigenvalue weighted by Gasteiger charge is 2.32. The molecule has 2 aromatic heterocycles. The number of alkyl carbamates (subject to hydrolysis) is 2. The van der Waals surface area contributed by atoms with E-state index in [1.54, 1.807) is 47.4 Å². The molecule has 0 aliphatic carbocycles. The standard InChI is InChI=1S/C43H51Cl2FN8O7/c1-9-11-17-53(40(55)34(23(3)4)51-42(57)59-7)20-31-47-36(38(44)49-31)25-13-14-27-26-15-16-28(33(46)29(26)22-61-30(27)19-25)37-39(45)50-32(48-37)21-54(18-12-10-2)41(56)35(24(5)6)52-43(58)60-8/h9-10,13-16,19,23-24,34-35H,1-2,11-12,17-18,20-22H2,3-8H3,(H,47,49)(H,48,50)(H,51,57)(H,52,58)/t34-,35-/m0/s1. The number of hydrogen-bond donors (Lipinski definition) is 4. The normalized spacial score (nSPS) is 12.7. The third-order valence-electron chi connectivity index (χ3n) is 10.1. The fourth-order valence-corrected chi connectivity index (χ4v) is 7.37. The summed E-state index contributed by atoms with van der Waals surface area (Å²) in [5.74, 6) is -0.477. The number of nitrogens with one attached hydrogen (secondary N) is 4. The summed E-state index contributed by atoms with van der Waals surface area (Å²) < 4.78 is 32.0. The second kappa shape index (κ2) is 20.6. The van der Waals surface area contributed by atoms with Crippen molar-refractivity contribution in [3.05, 3.63) is 89.0 Å². The van der Waals surface area contributed by atoms with Gasteiger partial charge in [-0.15, -0.1) is 13.2 Å². The molecule has 2 aromatic carbocycles. The van der Waals surface area contributed by atoms with E-state index in [-0.39, 0.29) is 71.5 Å². The Morgan fingerprint density at radius 3 is 1.77 bits per heavy atom. The lowest BCUT2D eigenvalue weighted by Gasteiger charge is -2.28. The van der Waals surface area contributed by atoms with Crippen molar-refractivity contribution >= 4 is 47.2 Å². The van der Waals surface area contributed by atoms with E-state index in [2.05, 4.69) is 38.7 Å². The fourth-order valence-electron chi connectivity index (χ4n) is 6.86. The van der Waals surface area contributed by atoms with Crippen LogP contribution in [0.25, 0.3) is 33.6 Å². The van der Waals surface area contributed by atoms with Crippen LogP contribution in [0.2, 0.25) is 10.3 Å². The summed E-state index contributed by atoms with van der Waals surface area (Å²) in [5.41, 5.74) is 2.92. The van der Waals surface area contributed by atoms with Crippen molar-refractivity contribution < 1.29 is 37.8 Å². The van der Waals surface area contributed by atoms with Gasteiger partial charge in [0.1, 0.15) is 63.6 Å². The minimum Gasteiger partial charge on any atom is -0.488 e. The van der Waals surface area contributed by atoms with Crippen LogP contribution in [0.3, 0.4) is 0 Å². The van der Waals surface area contributed by atoms with Crippen LogP contribution in [0.15, 0.2) is 55.6 Å². The van der Waals surface area contributed by atoms with Crippen LogP contribution in [0.1, 0.15) is 57.7 Å². The molecular weight excluding hydrogens is 830 g/mol. The number of ether oxygens (including phenoxy) is 3. The van der Waals surface area contributed by atoms with E-state index < -0.39 is 30.1 Å². The molecular formula is C43H51Cl2FN8O7. The Hall–Kier alpha value is -5.87. The van der Waals surface area contributed by atoms with E-state index in [0.29, 0.717) is 64.7 Å². The Morgan fingerprint density at radius 1 is 0.803 bits per heavy atom. The van der Waals surface area contributed by atoms with Gasteiger partial charge in [-0.05, 0) is 48.4 Å². The van der Waals surface area contributed by atoms with Crippen LogP contribution in [-0.2, 0) is 38.8 Å². The molecule has 1 aliphatic heterocycles. The Bertz CT molecular complexity index is 2280. The topological polar surface area (TPSA) is 184 Å². The lowest BCUT2D eigenvalue weighted by Crippen LogP contribution is -2.51. The molecule has 4 N–H and O–H groups in total. The zero-order chi connectivity index (χ0) is 44.5. The molecule has 0 unspecified atom stereocenters. The van der Waals surface area contributed by atoms with Crippen molar-refractivity contribution in [3.63, 3.8) is 0 Å². The quantitative estimate of drug-likeness (QED) is 0.0719. The van der Waals surface area contributed by atoms with Gasteiger partial charge in [0.05, 0.1) is 27.3 Å². The van der Waals surface area contributed by atoms with E-state index >= 15 is 4.39 Å². The summed E-state index contributed by atoms with van der Waals surface area (Å²) in [6.45, 7) is 15.4. The molecule has 61 heavy (non-hydrogen) atoms. The molecule has 0 fully saturated rings. The Morgan fingerprint density at radius 2 is 1.28 bits per heavy atom. The summed E-state index contributed by atoms with van der Waals surface area (Å²) >= 11 is 13.3. The van der Waals surface area contributed by atoms with Crippen molar-refractivity contribution in [3.8, 4) is 39.4 Å². The van der Waals surface area contributed by atoms with E-state index in [4.69, 9.17) is 42.4 Å². The minimum atomic E-state index is -0.865. The molecule has 15 nitrogen and oxygen atoms in total. The number of benzene rings is 2. The number of aromatic nitrogens is 4. The van der Waals surface area contributed by atoms with Crippen molar-refractivity contribution in [1.29, 1.82) is 0 Å². The maximum absolute atomic E-state index is 16.4. The van der Waals surface area contributed by atoms with Crippen LogP contribution in [0.4, 0.5) is 14.0 Å². The Kier molecular flexibility index (Phi) is 15.6. The van der Waals surface area contributed by atoms with E-state index in [1.165, 1.54) is 19.1 Å². The number of halogens is 3. The number of amides is 4. The first kappa shape index (κ1) is 46.2. The van der Waals surface area contributed by atoms with Gasteiger partial charge in [-0.25, -0.2) is 23.9 Å². The first-order valence-electron chi connectivity index (χ1n) is 19.7. The monoisotopic (exact) mass is 880 g/mol. The molecule has 1 aliphatic rings. The Balaban J connectivity index is 1.38. The average molecular weight is 882 g/mol. The molecule has 0 saturated carbocycles. The number of carbonyl (C=O) groups excluding carboxylic acids is 4. The third kappa shape index (κ3) is 10.7. The first-order valence-corrected chi connectivity index (χ1v) is 20.4. The van der Waals surface area contributed by atoms with E-state index in [9.17, 15) is 19.2 Å². The van der Waals surface area contributed by atoms with Gasteiger partial charge in [-0.2, -0.15) is 0 Å². The lowest BCUT2D eigenvalue weighted by atomic mass is 9.93. The van der Waals surface area contributed by atoms with E-state index in [0.717, 1.165) is 0 Å². The number of H-pyrrole nitrogens is 2. The fraction of sp³-hybridized carbons (Fsp3) is 0.395.